The van der Waals surface area contributed by atoms with Crippen molar-refractivity contribution in [2.45, 2.75) is 0 Å². The topological polar surface area (TPSA) is 58.6 Å². The third kappa shape index (κ3) is 2.89. The maximum atomic E-state index is 12.1. The van der Waals surface area contributed by atoms with Crippen LogP contribution in [0.25, 0.3) is 0 Å². The van der Waals surface area contributed by atoms with Crippen molar-refractivity contribution in [2.24, 2.45) is 0 Å². The van der Waals surface area contributed by atoms with Crippen LogP contribution in [0.1, 0.15) is 10.4 Å². The van der Waals surface area contributed by atoms with Gasteiger partial charge in [0.15, 0.2) is 0 Å². The van der Waals surface area contributed by atoms with Crippen molar-refractivity contribution >= 4 is 29.3 Å². The molecule has 0 saturated carbocycles. The molecule has 2 aromatic carbocycles. The first-order chi connectivity index (χ1) is 10.6. The van der Waals surface area contributed by atoms with Crippen LogP contribution in [0.4, 0.5) is 10.5 Å². The standard InChI is InChI=1S/C16H13ClN2O3/c17-13-3-1-2-4-14(13)22-15(20)11-5-7-12(8-6-11)19-10-9-18-16(19)21/h1-8H,9-10H2,(H,18,21). The Morgan fingerprint density at radius 3 is 2.50 bits per heavy atom. The number of urea groups is 1. The van der Waals surface area contributed by atoms with Crippen LogP contribution in [-0.2, 0) is 0 Å². The minimum Gasteiger partial charge on any atom is -0.421 e. The number of amides is 2. The summed E-state index contributed by atoms with van der Waals surface area (Å²) in [7, 11) is 0. The molecule has 1 heterocycles. The Morgan fingerprint density at radius 1 is 1.14 bits per heavy atom. The molecule has 1 aliphatic heterocycles. The van der Waals surface area contributed by atoms with E-state index in [1.54, 1.807) is 53.4 Å². The van der Waals surface area contributed by atoms with Gasteiger partial charge in [-0.3, -0.25) is 4.90 Å². The number of rotatable bonds is 3. The molecule has 0 spiro atoms. The molecule has 5 nitrogen and oxygen atoms in total. The van der Waals surface area contributed by atoms with E-state index in [-0.39, 0.29) is 6.03 Å². The fourth-order valence-corrected chi connectivity index (χ4v) is 2.36. The molecule has 0 aliphatic carbocycles. The van der Waals surface area contributed by atoms with E-state index >= 15 is 0 Å². The molecular weight excluding hydrogens is 304 g/mol. The first-order valence-corrected chi connectivity index (χ1v) is 7.15. The van der Waals surface area contributed by atoms with Crippen LogP contribution in [0, 0.1) is 0 Å². The number of carbonyl (C=O) groups is 2. The molecule has 0 atom stereocenters. The number of para-hydroxylation sites is 1. The molecule has 0 unspecified atom stereocenters. The van der Waals surface area contributed by atoms with Crippen LogP contribution in [0.2, 0.25) is 5.02 Å². The van der Waals surface area contributed by atoms with Crippen LogP contribution in [0.5, 0.6) is 5.75 Å². The minimum absolute atomic E-state index is 0.133. The van der Waals surface area contributed by atoms with E-state index in [0.29, 0.717) is 29.4 Å². The van der Waals surface area contributed by atoms with Gasteiger partial charge in [0, 0.05) is 18.8 Å². The molecule has 0 bridgehead atoms. The summed E-state index contributed by atoms with van der Waals surface area (Å²) in [6, 6.07) is 13.3. The summed E-state index contributed by atoms with van der Waals surface area (Å²) in [5, 5.41) is 3.10. The number of carbonyl (C=O) groups excluding carboxylic acids is 2. The van der Waals surface area contributed by atoms with Gasteiger partial charge in [-0.05, 0) is 36.4 Å². The fourth-order valence-electron chi connectivity index (χ4n) is 2.18. The van der Waals surface area contributed by atoms with Gasteiger partial charge in [0.05, 0.1) is 10.6 Å². The number of esters is 1. The number of ether oxygens (including phenoxy) is 1. The fraction of sp³-hybridized carbons (Fsp3) is 0.125. The Bertz CT molecular complexity index is 716. The molecular formula is C16H13ClN2O3. The van der Waals surface area contributed by atoms with Gasteiger partial charge in [-0.25, -0.2) is 9.59 Å². The van der Waals surface area contributed by atoms with E-state index in [9.17, 15) is 9.59 Å². The summed E-state index contributed by atoms with van der Waals surface area (Å²) in [6.07, 6.45) is 0. The first kappa shape index (κ1) is 14.4. The third-order valence-corrected chi connectivity index (χ3v) is 3.62. The summed E-state index contributed by atoms with van der Waals surface area (Å²) in [5.41, 5.74) is 1.13. The zero-order chi connectivity index (χ0) is 15.5. The summed E-state index contributed by atoms with van der Waals surface area (Å²) in [6.45, 7) is 1.23. The Morgan fingerprint density at radius 2 is 1.86 bits per heavy atom. The van der Waals surface area contributed by atoms with Gasteiger partial charge in [0.1, 0.15) is 5.75 Å². The highest BCUT2D eigenvalue weighted by molar-refractivity contribution is 6.32. The van der Waals surface area contributed by atoms with Crippen molar-refractivity contribution in [3.63, 3.8) is 0 Å². The average Bonchev–Trinajstić information content (AvgIpc) is 2.96. The van der Waals surface area contributed by atoms with Gasteiger partial charge in [-0.2, -0.15) is 0 Å². The molecule has 0 aromatic heterocycles. The highest BCUT2D eigenvalue weighted by Gasteiger charge is 2.21. The average molecular weight is 317 g/mol. The zero-order valence-electron chi connectivity index (χ0n) is 11.6. The van der Waals surface area contributed by atoms with Gasteiger partial charge >= 0.3 is 12.0 Å². The van der Waals surface area contributed by atoms with Crippen molar-refractivity contribution in [3.8, 4) is 5.75 Å². The lowest BCUT2D eigenvalue weighted by atomic mass is 10.2. The second-order valence-corrected chi connectivity index (χ2v) is 5.16. The number of halogens is 1. The smallest absolute Gasteiger partial charge is 0.343 e. The van der Waals surface area contributed by atoms with Crippen molar-refractivity contribution in [1.82, 2.24) is 5.32 Å². The Kier molecular flexibility index (Phi) is 3.98. The number of hydrogen-bond donors (Lipinski definition) is 1. The van der Waals surface area contributed by atoms with Crippen LogP contribution >= 0.6 is 11.6 Å². The quantitative estimate of drug-likeness (QED) is 0.699. The molecule has 2 amide bonds. The summed E-state index contributed by atoms with van der Waals surface area (Å²) >= 11 is 5.95. The Balaban J connectivity index is 1.74. The molecule has 3 rings (SSSR count). The molecule has 6 heteroatoms. The molecule has 2 aromatic rings. The van der Waals surface area contributed by atoms with Crippen molar-refractivity contribution in [1.29, 1.82) is 0 Å². The van der Waals surface area contributed by atoms with Crippen LogP contribution < -0.4 is 15.0 Å². The zero-order valence-corrected chi connectivity index (χ0v) is 12.3. The lowest BCUT2D eigenvalue weighted by Crippen LogP contribution is -2.27. The van der Waals surface area contributed by atoms with E-state index in [2.05, 4.69) is 5.32 Å². The summed E-state index contributed by atoms with van der Waals surface area (Å²) < 4.78 is 5.25. The summed E-state index contributed by atoms with van der Waals surface area (Å²) in [4.78, 5) is 25.3. The maximum Gasteiger partial charge on any atom is 0.343 e. The second kappa shape index (κ2) is 6.07. The normalized spacial score (nSPS) is 13.9. The van der Waals surface area contributed by atoms with Crippen molar-refractivity contribution in [2.75, 3.05) is 18.0 Å². The van der Waals surface area contributed by atoms with Crippen LogP contribution in [0.15, 0.2) is 48.5 Å². The molecule has 0 radical (unpaired) electrons. The number of hydrogen-bond acceptors (Lipinski definition) is 3. The van der Waals surface area contributed by atoms with Crippen molar-refractivity contribution < 1.29 is 14.3 Å². The lowest BCUT2D eigenvalue weighted by Gasteiger charge is -2.14. The largest absolute Gasteiger partial charge is 0.421 e. The summed E-state index contributed by atoms with van der Waals surface area (Å²) in [5.74, 6) is -0.178. The van der Waals surface area contributed by atoms with E-state index in [1.165, 1.54) is 0 Å². The number of anilines is 1. The van der Waals surface area contributed by atoms with Gasteiger partial charge in [-0.15, -0.1) is 0 Å². The predicted molar refractivity (Wildman–Crippen MR) is 83.6 cm³/mol. The van der Waals surface area contributed by atoms with Gasteiger partial charge in [0.2, 0.25) is 0 Å². The van der Waals surface area contributed by atoms with Gasteiger partial charge in [0.25, 0.3) is 0 Å². The van der Waals surface area contributed by atoms with E-state index in [4.69, 9.17) is 16.3 Å². The number of nitrogens with one attached hydrogen (secondary N) is 1. The van der Waals surface area contributed by atoms with Crippen LogP contribution in [0.3, 0.4) is 0 Å². The van der Waals surface area contributed by atoms with E-state index in [0.717, 1.165) is 5.69 Å². The van der Waals surface area contributed by atoms with E-state index < -0.39 is 5.97 Å². The second-order valence-electron chi connectivity index (χ2n) is 4.75. The highest BCUT2D eigenvalue weighted by atomic mass is 35.5. The molecule has 22 heavy (non-hydrogen) atoms. The maximum absolute atomic E-state index is 12.1. The monoisotopic (exact) mass is 316 g/mol. The molecule has 1 saturated heterocycles. The highest BCUT2D eigenvalue weighted by Crippen LogP contribution is 2.24. The third-order valence-electron chi connectivity index (χ3n) is 3.31. The predicted octanol–water partition coefficient (Wildman–Crippen LogP) is 3.09. The Hall–Kier alpha value is -2.53. The van der Waals surface area contributed by atoms with Gasteiger partial charge in [-0.1, -0.05) is 23.7 Å². The number of nitrogens with zero attached hydrogens (tertiary/aromatic N) is 1. The molecule has 1 N–H and O–H groups in total. The molecule has 1 fully saturated rings. The number of benzene rings is 2. The van der Waals surface area contributed by atoms with Crippen LogP contribution in [-0.4, -0.2) is 25.1 Å². The van der Waals surface area contributed by atoms with Gasteiger partial charge < -0.3 is 10.1 Å². The molecule has 112 valence electrons. The molecule has 1 aliphatic rings. The SMILES string of the molecule is O=C(Oc1ccccc1Cl)c1ccc(N2CCNC2=O)cc1. The van der Waals surface area contributed by atoms with E-state index in [1.807, 2.05) is 0 Å². The first-order valence-electron chi connectivity index (χ1n) is 6.77. The lowest BCUT2D eigenvalue weighted by molar-refractivity contribution is 0.0735. The minimum atomic E-state index is -0.495. The Labute approximate surface area is 132 Å². The van der Waals surface area contributed by atoms with Crippen molar-refractivity contribution in [3.05, 3.63) is 59.1 Å².